The van der Waals surface area contributed by atoms with E-state index in [1.165, 1.54) is 16.9 Å². The third kappa shape index (κ3) is 4.96. The highest BCUT2D eigenvalue weighted by Crippen LogP contribution is 2.33. The average molecular weight is 537 g/mol. The highest BCUT2D eigenvalue weighted by molar-refractivity contribution is 7.88. The second kappa shape index (κ2) is 9.34. The molecule has 4 aromatic rings. The largest absolute Gasteiger partial charge is 0.474 e. The van der Waals surface area contributed by atoms with Crippen molar-refractivity contribution in [2.75, 3.05) is 24.7 Å². The van der Waals surface area contributed by atoms with Gasteiger partial charge in [-0.05, 0) is 43.5 Å². The van der Waals surface area contributed by atoms with E-state index in [-0.39, 0.29) is 17.4 Å². The third-order valence-corrected chi connectivity index (χ3v) is 7.60. The highest BCUT2D eigenvalue weighted by Gasteiger charge is 2.27. The summed E-state index contributed by atoms with van der Waals surface area (Å²) < 4.78 is 31.4. The van der Waals surface area contributed by atoms with E-state index in [0.29, 0.717) is 70.5 Å². The minimum absolute atomic E-state index is 0.202. The lowest BCUT2D eigenvalue weighted by molar-refractivity contribution is 0.131. The molecule has 5 rings (SSSR count). The summed E-state index contributed by atoms with van der Waals surface area (Å²) in [7, 11) is -3.23. The number of piperidine rings is 1. The SMILES string of the molecule is C[C@H](Nc1ncnc2nc(Cl)[nH]c12)c1nc(OC2CCN(S(C)(=O)=O)CC2)c2c(Cl)cccc2n1. The Bertz CT molecular complexity index is 1510. The fraction of sp³-hybridized carbons (Fsp3) is 0.381. The number of rotatable bonds is 6. The average Bonchev–Trinajstić information content (AvgIpc) is 3.20. The van der Waals surface area contributed by atoms with E-state index in [4.69, 9.17) is 37.9 Å². The van der Waals surface area contributed by atoms with Crippen LogP contribution in [-0.2, 0) is 10.0 Å². The molecule has 0 saturated carbocycles. The Kier molecular flexibility index (Phi) is 6.38. The van der Waals surface area contributed by atoms with Gasteiger partial charge in [-0.1, -0.05) is 17.7 Å². The van der Waals surface area contributed by atoms with Crippen LogP contribution >= 0.6 is 23.2 Å². The van der Waals surface area contributed by atoms with Gasteiger partial charge in [-0.2, -0.15) is 9.97 Å². The molecule has 2 N–H and O–H groups in total. The Morgan fingerprint density at radius 1 is 1.17 bits per heavy atom. The zero-order valence-electron chi connectivity index (χ0n) is 18.9. The Labute approximate surface area is 211 Å². The molecule has 0 unspecified atom stereocenters. The smallest absolute Gasteiger partial charge is 0.226 e. The molecule has 0 spiro atoms. The number of sulfonamides is 1. The van der Waals surface area contributed by atoms with Crippen LogP contribution in [0.2, 0.25) is 10.3 Å². The van der Waals surface area contributed by atoms with Crippen molar-refractivity contribution in [3.63, 3.8) is 0 Å². The number of halogens is 2. The minimum atomic E-state index is -3.23. The van der Waals surface area contributed by atoms with Gasteiger partial charge in [-0.15, -0.1) is 0 Å². The molecule has 1 fully saturated rings. The van der Waals surface area contributed by atoms with E-state index in [1.54, 1.807) is 6.07 Å². The van der Waals surface area contributed by atoms with Crippen molar-refractivity contribution >= 4 is 61.1 Å². The summed E-state index contributed by atoms with van der Waals surface area (Å²) in [5, 5.41) is 4.58. The van der Waals surface area contributed by atoms with E-state index < -0.39 is 10.0 Å². The maximum absolute atomic E-state index is 11.8. The van der Waals surface area contributed by atoms with E-state index in [1.807, 2.05) is 19.1 Å². The summed E-state index contributed by atoms with van der Waals surface area (Å²) in [6.45, 7) is 2.68. The number of hydrogen-bond acceptors (Lipinski definition) is 9. The van der Waals surface area contributed by atoms with Crippen molar-refractivity contribution in [2.24, 2.45) is 0 Å². The van der Waals surface area contributed by atoms with Crippen LogP contribution in [0.5, 0.6) is 5.88 Å². The van der Waals surface area contributed by atoms with Gasteiger partial charge in [-0.3, -0.25) is 0 Å². The second-order valence-electron chi connectivity index (χ2n) is 8.31. The van der Waals surface area contributed by atoms with Crippen molar-refractivity contribution in [1.82, 2.24) is 34.2 Å². The van der Waals surface area contributed by atoms with Crippen LogP contribution < -0.4 is 10.1 Å². The molecule has 3 aromatic heterocycles. The van der Waals surface area contributed by atoms with Crippen molar-refractivity contribution in [1.29, 1.82) is 0 Å². The number of anilines is 1. The zero-order valence-corrected chi connectivity index (χ0v) is 21.2. The first-order chi connectivity index (χ1) is 16.7. The minimum Gasteiger partial charge on any atom is -0.474 e. The number of hydrogen-bond donors (Lipinski definition) is 2. The van der Waals surface area contributed by atoms with Crippen molar-refractivity contribution in [3.8, 4) is 5.88 Å². The predicted molar refractivity (Wildman–Crippen MR) is 133 cm³/mol. The van der Waals surface area contributed by atoms with E-state index in [0.717, 1.165) is 0 Å². The lowest BCUT2D eigenvalue weighted by Gasteiger charge is -2.30. The molecule has 1 atom stereocenters. The normalized spacial score (nSPS) is 16.6. The van der Waals surface area contributed by atoms with Crippen LogP contribution in [0, 0.1) is 0 Å². The predicted octanol–water partition coefficient (Wildman–Crippen LogP) is 3.58. The topological polar surface area (TPSA) is 139 Å². The van der Waals surface area contributed by atoms with Gasteiger partial charge in [0.2, 0.25) is 21.2 Å². The highest BCUT2D eigenvalue weighted by atomic mass is 35.5. The van der Waals surface area contributed by atoms with Gasteiger partial charge in [0.25, 0.3) is 0 Å². The molecule has 35 heavy (non-hydrogen) atoms. The Morgan fingerprint density at radius 3 is 2.69 bits per heavy atom. The molecule has 1 saturated heterocycles. The zero-order chi connectivity index (χ0) is 24.7. The van der Waals surface area contributed by atoms with E-state index in [9.17, 15) is 8.42 Å². The first kappa shape index (κ1) is 23.9. The quantitative estimate of drug-likeness (QED) is 0.353. The van der Waals surface area contributed by atoms with Crippen LogP contribution in [0.25, 0.3) is 22.1 Å². The summed E-state index contributed by atoms with van der Waals surface area (Å²) in [5.74, 6) is 1.34. The Morgan fingerprint density at radius 2 is 1.94 bits per heavy atom. The number of aromatic nitrogens is 6. The number of H-pyrrole nitrogens is 1. The van der Waals surface area contributed by atoms with Crippen LogP contribution in [0.15, 0.2) is 24.5 Å². The molecule has 11 nitrogen and oxygen atoms in total. The molecule has 14 heteroatoms. The van der Waals surface area contributed by atoms with Crippen molar-refractivity contribution < 1.29 is 13.2 Å². The van der Waals surface area contributed by atoms with Gasteiger partial charge in [0.05, 0.1) is 28.2 Å². The van der Waals surface area contributed by atoms with Crippen LogP contribution in [0.4, 0.5) is 5.82 Å². The van der Waals surface area contributed by atoms with Gasteiger partial charge >= 0.3 is 0 Å². The van der Waals surface area contributed by atoms with Gasteiger partial charge in [0.1, 0.15) is 17.9 Å². The number of fused-ring (bicyclic) bond motifs is 2. The van der Waals surface area contributed by atoms with Gasteiger partial charge in [0.15, 0.2) is 17.3 Å². The molecular formula is C21H22Cl2N8O3S. The molecule has 0 bridgehead atoms. The van der Waals surface area contributed by atoms with Crippen LogP contribution in [-0.4, -0.2) is 68.1 Å². The Balaban J connectivity index is 1.44. The fourth-order valence-electron chi connectivity index (χ4n) is 4.02. The molecule has 0 amide bonds. The first-order valence-electron chi connectivity index (χ1n) is 10.9. The summed E-state index contributed by atoms with van der Waals surface area (Å²) in [5.41, 5.74) is 1.65. The maximum atomic E-state index is 11.8. The summed E-state index contributed by atoms with van der Waals surface area (Å²) in [6.07, 6.45) is 3.51. The van der Waals surface area contributed by atoms with Gasteiger partial charge in [-0.25, -0.2) is 27.7 Å². The first-order valence-corrected chi connectivity index (χ1v) is 13.5. The summed E-state index contributed by atoms with van der Waals surface area (Å²) in [6, 6.07) is 5.05. The standard InChI is InChI=1S/C21H22Cl2N8O3S/c1-11(26-18-16-19(25-10-24-18)30-21(23)28-16)17-27-14-5-3-4-13(22)15(14)20(29-17)34-12-6-8-31(9-7-12)35(2,32)33/h3-5,10-12H,6-9H2,1-2H3,(H2,24,25,26,28,30)/t11-/m0/s1. The van der Waals surface area contributed by atoms with Crippen LogP contribution in [0.3, 0.4) is 0 Å². The van der Waals surface area contributed by atoms with Crippen molar-refractivity contribution in [2.45, 2.75) is 31.9 Å². The summed E-state index contributed by atoms with van der Waals surface area (Å²) in [4.78, 5) is 24.8. The lowest BCUT2D eigenvalue weighted by atomic mass is 10.1. The molecule has 0 radical (unpaired) electrons. The number of imidazole rings is 1. The number of aromatic amines is 1. The van der Waals surface area contributed by atoms with Gasteiger partial charge in [0, 0.05) is 13.1 Å². The molecule has 0 aliphatic carbocycles. The van der Waals surface area contributed by atoms with Crippen molar-refractivity contribution in [3.05, 3.63) is 40.7 Å². The number of ether oxygens (including phenoxy) is 1. The van der Waals surface area contributed by atoms with E-state index >= 15 is 0 Å². The lowest BCUT2D eigenvalue weighted by Crippen LogP contribution is -2.41. The second-order valence-corrected chi connectivity index (χ2v) is 11.1. The molecule has 1 aliphatic rings. The van der Waals surface area contributed by atoms with Gasteiger partial charge < -0.3 is 15.0 Å². The van der Waals surface area contributed by atoms with Crippen LogP contribution in [0.1, 0.15) is 31.6 Å². The number of nitrogens with zero attached hydrogens (tertiary/aromatic N) is 6. The number of benzene rings is 1. The van der Waals surface area contributed by atoms with E-state index in [2.05, 4.69) is 25.3 Å². The Hall–Kier alpha value is -2.80. The third-order valence-electron chi connectivity index (χ3n) is 5.80. The molecule has 1 aliphatic heterocycles. The number of nitrogens with one attached hydrogen (secondary N) is 2. The monoisotopic (exact) mass is 536 g/mol. The summed E-state index contributed by atoms with van der Waals surface area (Å²) >= 11 is 12.5. The molecule has 1 aromatic carbocycles. The molecular weight excluding hydrogens is 515 g/mol. The molecule has 184 valence electrons. The molecule has 4 heterocycles. The fourth-order valence-corrected chi connectivity index (χ4v) is 5.32. The maximum Gasteiger partial charge on any atom is 0.226 e.